The highest BCUT2D eigenvalue weighted by atomic mass is 32.1. The summed E-state index contributed by atoms with van der Waals surface area (Å²) in [7, 11) is 3.24. The summed E-state index contributed by atoms with van der Waals surface area (Å²) in [6.07, 6.45) is 5.33. The number of thiophene rings is 1. The van der Waals surface area contributed by atoms with Crippen LogP contribution in [0.15, 0.2) is 35.7 Å². The molecule has 0 saturated carbocycles. The standard InChI is InChI=1S/C28H42N2O4S/c1-6-9-11-23(8-3)28(32)30(16-7-2)21-27(31)29(20-24-12-10-18-35-24)17-15-22-13-14-25(33-4)26(19-22)34-5/h10,12-14,18-19,23H,6-9,11,15-17,20-21H2,1-5H3/t23-/m1/s1. The molecule has 0 aliphatic rings. The Morgan fingerprint density at radius 3 is 2.34 bits per heavy atom. The van der Waals surface area contributed by atoms with Gasteiger partial charge in [0.15, 0.2) is 11.5 Å². The van der Waals surface area contributed by atoms with Gasteiger partial charge in [0.25, 0.3) is 0 Å². The van der Waals surface area contributed by atoms with E-state index in [-0.39, 0.29) is 24.3 Å². The van der Waals surface area contributed by atoms with Gasteiger partial charge in [0.2, 0.25) is 11.8 Å². The number of ether oxygens (including phenoxy) is 2. The van der Waals surface area contributed by atoms with Crippen molar-refractivity contribution in [3.63, 3.8) is 0 Å². The number of benzene rings is 1. The second-order valence-corrected chi connectivity index (χ2v) is 9.87. The minimum atomic E-state index is -0.00831. The highest BCUT2D eigenvalue weighted by Gasteiger charge is 2.26. The highest BCUT2D eigenvalue weighted by Crippen LogP contribution is 2.28. The van der Waals surface area contributed by atoms with Crippen LogP contribution in [0.3, 0.4) is 0 Å². The first-order valence-corrected chi connectivity index (χ1v) is 13.6. The minimum Gasteiger partial charge on any atom is -0.493 e. The fourth-order valence-corrected chi connectivity index (χ4v) is 4.91. The molecule has 0 fully saturated rings. The zero-order chi connectivity index (χ0) is 25.6. The molecule has 1 aromatic carbocycles. The number of rotatable bonds is 16. The average molecular weight is 503 g/mol. The predicted molar refractivity (Wildman–Crippen MR) is 143 cm³/mol. The number of amides is 2. The van der Waals surface area contributed by atoms with Gasteiger partial charge in [-0.15, -0.1) is 11.3 Å². The van der Waals surface area contributed by atoms with Crippen molar-refractivity contribution in [2.45, 2.75) is 65.8 Å². The Morgan fingerprint density at radius 1 is 0.971 bits per heavy atom. The van der Waals surface area contributed by atoms with Crippen LogP contribution in [0.1, 0.15) is 63.3 Å². The molecule has 0 aliphatic heterocycles. The van der Waals surface area contributed by atoms with Gasteiger partial charge in [0, 0.05) is 23.9 Å². The van der Waals surface area contributed by atoms with Crippen LogP contribution in [0.5, 0.6) is 11.5 Å². The fourth-order valence-electron chi connectivity index (χ4n) is 4.19. The second-order valence-electron chi connectivity index (χ2n) is 8.84. The Bertz CT molecular complexity index is 900. The van der Waals surface area contributed by atoms with E-state index in [1.54, 1.807) is 30.5 Å². The van der Waals surface area contributed by atoms with Crippen LogP contribution >= 0.6 is 11.3 Å². The molecule has 1 aromatic heterocycles. The molecule has 35 heavy (non-hydrogen) atoms. The normalized spacial score (nSPS) is 11.7. The average Bonchev–Trinajstić information content (AvgIpc) is 3.39. The van der Waals surface area contributed by atoms with Crippen LogP contribution in [-0.2, 0) is 22.6 Å². The topological polar surface area (TPSA) is 59.1 Å². The van der Waals surface area contributed by atoms with Crippen LogP contribution < -0.4 is 9.47 Å². The Balaban J connectivity index is 2.15. The lowest BCUT2D eigenvalue weighted by Crippen LogP contribution is -2.45. The van der Waals surface area contributed by atoms with E-state index in [4.69, 9.17) is 9.47 Å². The summed E-state index contributed by atoms with van der Waals surface area (Å²) in [4.78, 5) is 31.6. The summed E-state index contributed by atoms with van der Waals surface area (Å²) >= 11 is 1.64. The van der Waals surface area contributed by atoms with E-state index in [1.165, 1.54) is 0 Å². The molecule has 0 spiro atoms. The van der Waals surface area contributed by atoms with Gasteiger partial charge in [0.05, 0.1) is 27.3 Å². The van der Waals surface area contributed by atoms with E-state index in [9.17, 15) is 9.59 Å². The molecule has 2 amide bonds. The number of hydrogen-bond acceptors (Lipinski definition) is 5. The third-order valence-electron chi connectivity index (χ3n) is 6.28. The molecule has 0 N–H and O–H groups in total. The molecule has 0 aliphatic carbocycles. The van der Waals surface area contributed by atoms with Gasteiger partial charge < -0.3 is 19.3 Å². The Hall–Kier alpha value is -2.54. The Morgan fingerprint density at radius 2 is 1.74 bits per heavy atom. The first-order chi connectivity index (χ1) is 17.0. The molecule has 0 bridgehead atoms. The number of methoxy groups -OCH3 is 2. The maximum absolute atomic E-state index is 13.5. The van der Waals surface area contributed by atoms with Crippen LogP contribution in [0.4, 0.5) is 0 Å². The van der Waals surface area contributed by atoms with Gasteiger partial charge in [-0.25, -0.2) is 0 Å². The summed E-state index contributed by atoms with van der Waals surface area (Å²) in [5.74, 6) is 1.47. The second kappa shape index (κ2) is 15.5. The van der Waals surface area contributed by atoms with Crippen LogP contribution in [-0.4, -0.2) is 55.5 Å². The van der Waals surface area contributed by atoms with Crippen molar-refractivity contribution in [2.24, 2.45) is 5.92 Å². The lowest BCUT2D eigenvalue weighted by Gasteiger charge is -2.30. The fraction of sp³-hybridized carbons (Fsp3) is 0.571. The lowest BCUT2D eigenvalue weighted by molar-refractivity contribution is -0.143. The Labute approximate surface area is 215 Å². The van der Waals surface area contributed by atoms with Gasteiger partial charge in [0.1, 0.15) is 0 Å². The Kier molecular flexibility index (Phi) is 12.7. The molecule has 2 rings (SSSR count). The zero-order valence-corrected chi connectivity index (χ0v) is 22.9. The monoisotopic (exact) mass is 502 g/mol. The molecule has 2 aromatic rings. The number of unbranched alkanes of at least 4 members (excludes halogenated alkanes) is 1. The summed E-state index contributed by atoms with van der Waals surface area (Å²) in [6, 6.07) is 9.90. The first-order valence-electron chi connectivity index (χ1n) is 12.8. The van der Waals surface area contributed by atoms with E-state index in [0.29, 0.717) is 37.6 Å². The van der Waals surface area contributed by atoms with E-state index in [0.717, 1.165) is 42.5 Å². The van der Waals surface area contributed by atoms with Crippen molar-refractivity contribution in [3.8, 4) is 11.5 Å². The largest absolute Gasteiger partial charge is 0.493 e. The van der Waals surface area contributed by atoms with Gasteiger partial charge >= 0.3 is 0 Å². The molecule has 1 heterocycles. The van der Waals surface area contributed by atoms with Gasteiger partial charge in [-0.2, -0.15) is 0 Å². The molecule has 194 valence electrons. The van der Waals surface area contributed by atoms with Crippen LogP contribution in [0.25, 0.3) is 0 Å². The number of carbonyl (C=O) groups is 2. The molecular formula is C28H42N2O4S. The summed E-state index contributed by atoms with van der Waals surface area (Å²) in [5.41, 5.74) is 1.07. The third-order valence-corrected chi connectivity index (χ3v) is 7.14. The van der Waals surface area contributed by atoms with Crippen LogP contribution in [0.2, 0.25) is 0 Å². The smallest absolute Gasteiger partial charge is 0.242 e. The number of nitrogens with zero attached hydrogens (tertiary/aromatic N) is 2. The molecule has 0 saturated heterocycles. The van der Waals surface area contributed by atoms with E-state index in [2.05, 4.69) is 20.8 Å². The van der Waals surface area contributed by atoms with Crippen molar-refractivity contribution in [1.82, 2.24) is 9.80 Å². The maximum Gasteiger partial charge on any atom is 0.242 e. The first kappa shape index (κ1) is 28.7. The molecule has 6 nitrogen and oxygen atoms in total. The molecule has 7 heteroatoms. The van der Waals surface area contributed by atoms with Crippen molar-refractivity contribution >= 4 is 23.2 Å². The minimum absolute atomic E-state index is 0.00758. The molecule has 0 unspecified atom stereocenters. The van der Waals surface area contributed by atoms with Crippen molar-refractivity contribution < 1.29 is 19.1 Å². The van der Waals surface area contributed by atoms with Gasteiger partial charge in [-0.1, -0.05) is 45.7 Å². The zero-order valence-electron chi connectivity index (χ0n) is 22.0. The third kappa shape index (κ3) is 8.88. The summed E-state index contributed by atoms with van der Waals surface area (Å²) < 4.78 is 10.8. The highest BCUT2D eigenvalue weighted by molar-refractivity contribution is 7.09. The predicted octanol–water partition coefficient (Wildman–Crippen LogP) is 5.79. The quantitative estimate of drug-likeness (QED) is 0.291. The SMILES string of the molecule is CCCC[C@@H](CC)C(=O)N(CCC)CC(=O)N(CCc1ccc(OC)c(OC)c1)Cc1cccs1. The van der Waals surface area contributed by atoms with E-state index < -0.39 is 0 Å². The maximum atomic E-state index is 13.5. The van der Waals surface area contributed by atoms with Crippen molar-refractivity contribution in [3.05, 3.63) is 46.2 Å². The summed E-state index contributed by atoms with van der Waals surface area (Å²) in [6.45, 7) is 8.11. The van der Waals surface area contributed by atoms with E-state index in [1.807, 2.05) is 40.6 Å². The van der Waals surface area contributed by atoms with Crippen molar-refractivity contribution in [1.29, 1.82) is 0 Å². The molecular weight excluding hydrogens is 460 g/mol. The number of carbonyl (C=O) groups excluding carboxylic acids is 2. The lowest BCUT2D eigenvalue weighted by atomic mass is 9.97. The van der Waals surface area contributed by atoms with Gasteiger partial charge in [-0.05, 0) is 54.8 Å². The van der Waals surface area contributed by atoms with Gasteiger partial charge in [-0.3, -0.25) is 9.59 Å². The van der Waals surface area contributed by atoms with Crippen molar-refractivity contribution in [2.75, 3.05) is 33.9 Å². The van der Waals surface area contributed by atoms with Crippen LogP contribution in [0, 0.1) is 5.92 Å². The summed E-state index contributed by atoms with van der Waals surface area (Å²) in [5, 5.41) is 2.03. The molecule has 0 radical (unpaired) electrons. The number of hydrogen-bond donors (Lipinski definition) is 0. The molecule has 1 atom stereocenters. The van der Waals surface area contributed by atoms with E-state index >= 15 is 0 Å².